The number of nitrogens with zero attached hydrogens (tertiary/aromatic N) is 1. The highest BCUT2D eigenvalue weighted by molar-refractivity contribution is 5.95. The van der Waals surface area contributed by atoms with E-state index in [9.17, 15) is 4.79 Å². The summed E-state index contributed by atoms with van der Waals surface area (Å²) < 4.78 is 10.6. The average Bonchev–Trinajstić information content (AvgIpc) is 2.69. The smallest absolute Gasteiger partial charge is 0.253 e. The topological polar surface area (TPSA) is 72.5 Å². The second-order valence-corrected chi connectivity index (χ2v) is 6.46. The average molecular weight is 355 g/mol. The third-order valence-electron chi connectivity index (χ3n) is 4.63. The van der Waals surface area contributed by atoms with Gasteiger partial charge in [-0.1, -0.05) is 19.3 Å². The van der Waals surface area contributed by atoms with E-state index in [2.05, 4.69) is 15.6 Å². The van der Waals surface area contributed by atoms with Crippen LogP contribution >= 0.6 is 0 Å². The summed E-state index contributed by atoms with van der Waals surface area (Å²) in [7, 11) is 3.21. The minimum absolute atomic E-state index is 0.0743. The number of hydrogen-bond donors (Lipinski definition) is 2. The minimum Gasteiger partial charge on any atom is -0.497 e. The predicted octanol–water partition coefficient (Wildman–Crippen LogP) is 3.90. The summed E-state index contributed by atoms with van der Waals surface area (Å²) in [5, 5.41) is 6.37. The number of carbonyl (C=O) groups is 1. The summed E-state index contributed by atoms with van der Waals surface area (Å²) in [6.45, 7) is 0. The summed E-state index contributed by atoms with van der Waals surface area (Å²) >= 11 is 0. The van der Waals surface area contributed by atoms with Crippen LogP contribution in [0, 0.1) is 0 Å². The summed E-state index contributed by atoms with van der Waals surface area (Å²) in [6.07, 6.45) is 9.01. The Morgan fingerprint density at radius 3 is 2.62 bits per heavy atom. The van der Waals surface area contributed by atoms with Gasteiger partial charge in [-0.15, -0.1) is 0 Å². The number of benzene rings is 1. The van der Waals surface area contributed by atoms with Crippen molar-refractivity contribution in [1.82, 2.24) is 10.3 Å². The first-order chi connectivity index (χ1) is 12.7. The Morgan fingerprint density at radius 2 is 1.88 bits per heavy atom. The molecule has 3 rings (SSSR count). The first kappa shape index (κ1) is 18.0. The molecule has 6 heteroatoms. The van der Waals surface area contributed by atoms with Crippen LogP contribution in [-0.4, -0.2) is 31.2 Å². The number of methoxy groups -OCH3 is 2. The molecule has 1 aliphatic carbocycles. The Balaban J connectivity index is 1.72. The minimum atomic E-state index is -0.0743. The number of pyridine rings is 1. The van der Waals surface area contributed by atoms with Crippen molar-refractivity contribution >= 4 is 17.3 Å². The van der Waals surface area contributed by atoms with Gasteiger partial charge in [0.1, 0.15) is 11.5 Å². The molecule has 1 aromatic carbocycles. The van der Waals surface area contributed by atoms with Crippen LogP contribution in [0.3, 0.4) is 0 Å². The van der Waals surface area contributed by atoms with Crippen LogP contribution in [0.1, 0.15) is 42.5 Å². The highest BCUT2D eigenvalue weighted by Gasteiger charge is 2.17. The maximum Gasteiger partial charge on any atom is 0.253 e. The molecule has 2 aromatic rings. The number of nitrogens with one attached hydrogen (secondary N) is 2. The van der Waals surface area contributed by atoms with E-state index < -0.39 is 0 Å². The normalized spacial score (nSPS) is 14.5. The van der Waals surface area contributed by atoms with Gasteiger partial charge >= 0.3 is 0 Å². The van der Waals surface area contributed by atoms with Crippen molar-refractivity contribution in [2.75, 3.05) is 19.5 Å². The lowest BCUT2D eigenvalue weighted by Gasteiger charge is -2.22. The van der Waals surface area contributed by atoms with Gasteiger partial charge in [0, 0.05) is 18.3 Å². The van der Waals surface area contributed by atoms with Crippen LogP contribution in [-0.2, 0) is 0 Å². The Hall–Kier alpha value is -2.76. The SMILES string of the molecule is COc1ccc(Nc2cncc(C(=O)NC3CCCCC3)c2)c(OC)c1. The number of ether oxygens (including phenoxy) is 2. The molecule has 6 nitrogen and oxygen atoms in total. The van der Waals surface area contributed by atoms with Gasteiger partial charge in [-0.25, -0.2) is 0 Å². The summed E-state index contributed by atoms with van der Waals surface area (Å²) in [6, 6.07) is 7.59. The van der Waals surface area contributed by atoms with E-state index in [4.69, 9.17) is 9.47 Å². The van der Waals surface area contributed by atoms with Crippen LogP contribution in [0.25, 0.3) is 0 Å². The van der Waals surface area contributed by atoms with Crippen molar-refractivity contribution in [3.05, 3.63) is 42.2 Å². The zero-order valence-electron chi connectivity index (χ0n) is 15.2. The Bertz CT molecular complexity index is 758. The molecule has 1 heterocycles. The second kappa shape index (κ2) is 8.56. The molecular formula is C20H25N3O3. The summed E-state index contributed by atoms with van der Waals surface area (Å²) in [5.74, 6) is 1.29. The third-order valence-corrected chi connectivity index (χ3v) is 4.63. The van der Waals surface area contributed by atoms with Gasteiger partial charge < -0.3 is 20.1 Å². The van der Waals surface area contributed by atoms with Crippen LogP contribution in [0.4, 0.5) is 11.4 Å². The molecule has 0 spiro atoms. The van der Waals surface area contributed by atoms with Gasteiger partial charge in [-0.3, -0.25) is 9.78 Å². The lowest BCUT2D eigenvalue weighted by molar-refractivity contribution is 0.0927. The monoisotopic (exact) mass is 355 g/mol. The highest BCUT2D eigenvalue weighted by atomic mass is 16.5. The fraction of sp³-hybridized carbons (Fsp3) is 0.400. The number of aromatic nitrogens is 1. The van der Waals surface area contributed by atoms with E-state index in [0.29, 0.717) is 17.1 Å². The zero-order valence-corrected chi connectivity index (χ0v) is 15.2. The molecule has 1 amide bonds. The van der Waals surface area contributed by atoms with Gasteiger partial charge in [0.05, 0.1) is 37.4 Å². The van der Waals surface area contributed by atoms with E-state index in [0.717, 1.165) is 24.2 Å². The van der Waals surface area contributed by atoms with Gasteiger partial charge in [0.2, 0.25) is 0 Å². The molecule has 1 fully saturated rings. The van der Waals surface area contributed by atoms with Crippen LogP contribution < -0.4 is 20.1 Å². The number of anilines is 2. The van der Waals surface area contributed by atoms with E-state index in [1.54, 1.807) is 38.7 Å². The highest BCUT2D eigenvalue weighted by Crippen LogP contribution is 2.31. The fourth-order valence-corrected chi connectivity index (χ4v) is 3.21. The van der Waals surface area contributed by atoms with Crippen LogP contribution in [0.2, 0.25) is 0 Å². The van der Waals surface area contributed by atoms with Crippen LogP contribution in [0.15, 0.2) is 36.7 Å². The van der Waals surface area contributed by atoms with E-state index in [-0.39, 0.29) is 11.9 Å². The van der Waals surface area contributed by atoms with Crippen molar-refractivity contribution < 1.29 is 14.3 Å². The third kappa shape index (κ3) is 4.45. The zero-order chi connectivity index (χ0) is 18.4. The molecule has 0 unspecified atom stereocenters. The van der Waals surface area contributed by atoms with Crippen molar-refractivity contribution in [3.63, 3.8) is 0 Å². The summed E-state index contributed by atoms with van der Waals surface area (Å²) in [4.78, 5) is 16.7. The fourth-order valence-electron chi connectivity index (χ4n) is 3.21. The van der Waals surface area contributed by atoms with Gasteiger partial charge in [0.25, 0.3) is 5.91 Å². The van der Waals surface area contributed by atoms with Crippen molar-refractivity contribution in [3.8, 4) is 11.5 Å². The van der Waals surface area contributed by atoms with E-state index in [1.807, 2.05) is 12.1 Å². The standard InChI is InChI=1S/C20H25N3O3/c1-25-17-8-9-18(19(11-17)26-2)22-16-10-14(12-21-13-16)20(24)23-15-6-4-3-5-7-15/h8-13,15,22H,3-7H2,1-2H3,(H,23,24). The first-order valence-electron chi connectivity index (χ1n) is 8.94. The lowest BCUT2D eigenvalue weighted by atomic mass is 9.95. The van der Waals surface area contributed by atoms with Gasteiger partial charge in [-0.05, 0) is 31.0 Å². The lowest BCUT2D eigenvalue weighted by Crippen LogP contribution is -2.36. The molecule has 0 aliphatic heterocycles. The molecule has 0 saturated heterocycles. The maximum absolute atomic E-state index is 12.5. The predicted molar refractivity (Wildman–Crippen MR) is 101 cm³/mol. The van der Waals surface area contributed by atoms with E-state index >= 15 is 0 Å². The molecular weight excluding hydrogens is 330 g/mol. The number of amides is 1. The Kier molecular flexibility index (Phi) is 5.94. The molecule has 26 heavy (non-hydrogen) atoms. The van der Waals surface area contributed by atoms with Gasteiger partial charge in [-0.2, -0.15) is 0 Å². The Labute approximate surface area is 153 Å². The summed E-state index contributed by atoms with van der Waals surface area (Å²) in [5.41, 5.74) is 2.05. The molecule has 1 saturated carbocycles. The number of hydrogen-bond acceptors (Lipinski definition) is 5. The van der Waals surface area contributed by atoms with E-state index in [1.165, 1.54) is 19.3 Å². The van der Waals surface area contributed by atoms with Crippen molar-refractivity contribution in [2.24, 2.45) is 0 Å². The first-order valence-corrected chi connectivity index (χ1v) is 8.94. The molecule has 1 aliphatic rings. The number of rotatable bonds is 6. The van der Waals surface area contributed by atoms with Crippen molar-refractivity contribution in [2.45, 2.75) is 38.1 Å². The molecule has 2 N–H and O–H groups in total. The van der Waals surface area contributed by atoms with Crippen molar-refractivity contribution in [1.29, 1.82) is 0 Å². The molecule has 138 valence electrons. The second-order valence-electron chi connectivity index (χ2n) is 6.46. The van der Waals surface area contributed by atoms with Crippen LogP contribution in [0.5, 0.6) is 11.5 Å². The molecule has 1 aromatic heterocycles. The molecule has 0 atom stereocenters. The molecule has 0 radical (unpaired) electrons. The van der Waals surface area contributed by atoms with Gasteiger partial charge in [0.15, 0.2) is 0 Å². The maximum atomic E-state index is 12.5. The largest absolute Gasteiger partial charge is 0.497 e. The quantitative estimate of drug-likeness (QED) is 0.822. The Morgan fingerprint density at radius 1 is 1.08 bits per heavy atom. The number of carbonyl (C=O) groups excluding carboxylic acids is 1. The molecule has 0 bridgehead atoms.